The third-order valence-electron chi connectivity index (χ3n) is 2.75. The minimum absolute atomic E-state index is 0.240. The SMILES string of the molecule is CCSC1=NCC(O)C1C(=O)Nc1cccc(F)c1. The Morgan fingerprint density at radius 1 is 1.63 bits per heavy atom. The average molecular weight is 282 g/mol. The van der Waals surface area contributed by atoms with Crippen molar-refractivity contribution < 1.29 is 14.3 Å². The predicted octanol–water partition coefficient (Wildman–Crippen LogP) is 1.91. The number of benzene rings is 1. The number of aliphatic hydroxyl groups excluding tert-OH is 1. The van der Waals surface area contributed by atoms with Gasteiger partial charge < -0.3 is 10.4 Å². The first-order valence-corrected chi connectivity index (χ1v) is 7.02. The summed E-state index contributed by atoms with van der Waals surface area (Å²) in [5, 5.41) is 13.1. The maximum absolute atomic E-state index is 13.0. The molecule has 19 heavy (non-hydrogen) atoms. The molecule has 2 unspecified atom stereocenters. The number of rotatable bonds is 3. The molecule has 0 fully saturated rings. The lowest BCUT2D eigenvalue weighted by atomic mass is 10.1. The van der Waals surface area contributed by atoms with Gasteiger partial charge in [0, 0.05) is 5.69 Å². The van der Waals surface area contributed by atoms with Crippen molar-refractivity contribution in [3.8, 4) is 0 Å². The van der Waals surface area contributed by atoms with Crippen LogP contribution in [-0.4, -0.2) is 34.5 Å². The Balaban J connectivity index is 2.08. The highest BCUT2D eigenvalue weighted by Gasteiger charge is 2.36. The van der Waals surface area contributed by atoms with E-state index < -0.39 is 17.8 Å². The van der Waals surface area contributed by atoms with Gasteiger partial charge in [-0.2, -0.15) is 0 Å². The number of hydrogen-bond donors (Lipinski definition) is 2. The molecule has 6 heteroatoms. The molecule has 2 rings (SSSR count). The Hall–Kier alpha value is -1.40. The van der Waals surface area contributed by atoms with Crippen molar-refractivity contribution in [3.05, 3.63) is 30.1 Å². The standard InChI is InChI=1S/C13H15FN2O2S/c1-2-19-13-11(10(17)7-15-13)12(18)16-9-5-3-4-8(14)6-9/h3-6,10-11,17H,2,7H2,1H3,(H,16,18). The van der Waals surface area contributed by atoms with E-state index in [1.165, 1.54) is 30.0 Å². The van der Waals surface area contributed by atoms with Crippen LogP contribution >= 0.6 is 11.8 Å². The number of aliphatic hydroxyl groups is 1. The first-order chi connectivity index (χ1) is 9.11. The minimum atomic E-state index is -0.803. The van der Waals surface area contributed by atoms with E-state index in [2.05, 4.69) is 10.3 Å². The molecule has 0 spiro atoms. The summed E-state index contributed by atoms with van der Waals surface area (Å²) >= 11 is 1.45. The summed E-state index contributed by atoms with van der Waals surface area (Å²) in [6, 6.07) is 5.67. The lowest BCUT2D eigenvalue weighted by Gasteiger charge is -2.16. The Bertz CT molecular complexity index is 507. The maximum Gasteiger partial charge on any atom is 0.236 e. The predicted molar refractivity (Wildman–Crippen MR) is 75.0 cm³/mol. The third-order valence-corrected chi connectivity index (χ3v) is 3.72. The number of carbonyl (C=O) groups is 1. The van der Waals surface area contributed by atoms with Gasteiger partial charge in [-0.1, -0.05) is 13.0 Å². The van der Waals surface area contributed by atoms with Gasteiger partial charge in [0.1, 0.15) is 11.7 Å². The van der Waals surface area contributed by atoms with E-state index >= 15 is 0 Å². The summed E-state index contributed by atoms with van der Waals surface area (Å²) in [7, 11) is 0. The van der Waals surface area contributed by atoms with Gasteiger partial charge in [0.15, 0.2) is 0 Å². The van der Waals surface area contributed by atoms with Crippen LogP contribution in [0, 0.1) is 11.7 Å². The van der Waals surface area contributed by atoms with Gasteiger partial charge in [-0.05, 0) is 24.0 Å². The van der Waals surface area contributed by atoms with Gasteiger partial charge >= 0.3 is 0 Å². The molecule has 0 radical (unpaired) electrons. The Morgan fingerprint density at radius 2 is 2.42 bits per heavy atom. The van der Waals surface area contributed by atoms with E-state index in [1.54, 1.807) is 6.07 Å². The molecule has 1 aliphatic rings. The summed E-state index contributed by atoms with van der Waals surface area (Å²) < 4.78 is 13.0. The number of nitrogens with zero attached hydrogens (tertiary/aromatic N) is 1. The second-order valence-corrected chi connectivity index (χ2v) is 5.44. The molecule has 1 amide bonds. The molecule has 1 aromatic rings. The number of halogens is 1. The minimum Gasteiger partial charge on any atom is -0.390 e. The Labute approximate surface area is 115 Å². The van der Waals surface area contributed by atoms with Crippen LogP contribution in [0.25, 0.3) is 0 Å². The topological polar surface area (TPSA) is 61.7 Å². The molecule has 0 bridgehead atoms. The van der Waals surface area contributed by atoms with Gasteiger partial charge in [-0.15, -0.1) is 11.8 Å². The second kappa shape index (κ2) is 6.16. The summed E-state index contributed by atoms with van der Waals surface area (Å²) in [6.45, 7) is 2.20. The van der Waals surface area contributed by atoms with Crippen molar-refractivity contribution >= 4 is 28.4 Å². The molecular weight excluding hydrogens is 267 g/mol. The molecule has 102 valence electrons. The van der Waals surface area contributed by atoms with Gasteiger partial charge in [0.05, 0.1) is 17.7 Å². The molecule has 0 saturated carbocycles. The van der Waals surface area contributed by atoms with Gasteiger partial charge in [-0.3, -0.25) is 9.79 Å². The van der Waals surface area contributed by atoms with Gasteiger partial charge in [-0.25, -0.2) is 4.39 Å². The van der Waals surface area contributed by atoms with Crippen molar-refractivity contribution in [1.29, 1.82) is 0 Å². The lowest BCUT2D eigenvalue weighted by Crippen LogP contribution is -2.35. The van der Waals surface area contributed by atoms with Crippen molar-refractivity contribution in [2.75, 3.05) is 17.6 Å². The largest absolute Gasteiger partial charge is 0.390 e. The van der Waals surface area contributed by atoms with E-state index in [0.717, 1.165) is 5.75 Å². The van der Waals surface area contributed by atoms with Crippen LogP contribution in [0.5, 0.6) is 0 Å². The molecule has 1 aliphatic heterocycles. The number of thioether (sulfide) groups is 1. The fourth-order valence-electron chi connectivity index (χ4n) is 1.91. The highest BCUT2D eigenvalue weighted by Crippen LogP contribution is 2.24. The van der Waals surface area contributed by atoms with Crippen molar-refractivity contribution in [2.24, 2.45) is 10.9 Å². The first kappa shape index (κ1) is 14.0. The number of hydrogen-bond acceptors (Lipinski definition) is 4. The number of amides is 1. The van der Waals surface area contributed by atoms with Crippen LogP contribution in [0.4, 0.5) is 10.1 Å². The van der Waals surface area contributed by atoms with Crippen LogP contribution in [0.3, 0.4) is 0 Å². The Morgan fingerprint density at radius 3 is 3.11 bits per heavy atom. The normalized spacial score (nSPS) is 22.2. The first-order valence-electron chi connectivity index (χ1n) is 6.03. The Kier molecular flexibility index (Phi) is 4.55. The highest BCUT2D eigenvalue weighted by atomic mass is 32.2. The van der Waals surface area contributed by atoms with Gasteiger partial charge in [0.2, 0.25) is 5.91 Å². The van der Waals surface area contributed by atoms with E-state index in [-0.39, 0.29) is 12.5 Å². The average Bonchev–Trinajstić information content (AvgIpc) is 2.71. The summed E-state index contributed by atoms with van der Waals surface area (Å²) in [6.07, 6.45) is -0.803. The third kappa shape index (κ3) is 3.33. The smallest absolute Gasteiger partial charge is 0.236 e. The number of carbonyl (C=O) groups excluding carboxylic acids is 1. The lowest BCUT2D eigenvalue weighted by molar-refractivity contribution is -0.120. The van der Waals surface area contributed by atoms with Gasteiger partial charge in [0.25, 0.3) is 0 Å². The quantitative estimate of drug-likeness (QED) is 0.890. The van der Waals surface area contributed by atoms with E-state index in [4.69, 9.17) is 0 Å². The number of anilines is 1. The fourth-order valence-corrected chi connectivity index (χ4v) is 2.81. The zero-order chi connectivity index (χ0) is 13.8. The van der Waals surface area contributed by atoms with E-state index in [1.807, 2.05) is 6.92 Å². The van der Waals surface area contributed by atoms with Crippen molar-refractivity contribution in [3.63, 3.8) is 0 Å². The number of aliphatic imine (C=N–C) groups is 1. The highest BCUT2D eigenvalue weighted by molar-refractivity contribution is 8.14. The number of nitrogens with one attached hydrogen (secondary N) is 1. The summed E-state index contributed by atoms with van der Waals surface area (Å²) in [5.74, 6) is -0.639. The molecule has 0 aliphatic carbocycles. The fraction of sp³-hybridized carbons (Fsp3) is 0.385. The van der Waals surface area contributed by atoms with Crippen molar-refractivity contribution in [2.45, 2.75) is 13.0 Å². The molecule has 1 heterocycles. The zero-order valence-corrected chi connectivity index (χ0v) is 11.3. The maximum atomic E-state index is 13.0. The van der Waals surface area contributed by atoms with E-state index in [9.17, 15) is 14.3 Å². The molecule has 2 N–H and O–H groups in total. The van der Waals surface area contributed by atoms with Crippen LogP contribution in [0.2, 0.25) is 0 Å². The molecule has 1 aromatic carbocycles. The second-order valence-electron chi connectivity index (χ2n) is 4.16. The van der Waals surface area contributed by atoms with Crippen LogP contribution in [0.1, 0.15) is 6.92 Å². The summed E-state index contributed by atoms with van der Waals surface area (Å²) in [4.78, 5) is 16.3. The van der Waals surface area contributed by atoms with Crippen LogP contribution < -0.4 is 5.32 Å². The van der Waals surface area contributed by atoms with Crippen LogP contribution in [-0.2, 0) is 4.79 Å². The molecule has 2 atom stereocenters. The molecule has 0 saturated heterocycles. The zero-order valence-electron chi connectivity index (χ0n) is 10.5. The van der Waals surface area contributed by atoms with Crippen LogP contribution in [0.15, 0.2) is 29.3 Å². The van der Waals surface area contributed by atoms with Crippen molar-refractivity contribution in [1.82, 2.24) is 0 Å². The molecule has 0 aromatic heterocycles. The summed E-state index contributed by atoms with van der Waals surface area (Å²) in [5.41, 5.74) is 0.380. The van der Waals surface area contributed by atoms with E-state index in [0.29, 0.717) is 10.7 Å². The molecular formula is C13H15FN2O2S. The monoisotopic (exact) mass is 282 g/mol. The molecule has 4 nitrogen and oxygen atoms in total.